The fourth-order valence-electron chi connectivity index (χ4n) is 2.78. The van der Waals surface area contributed by atoms with Crippen molar-refractivity contribution in [2.75, 3.05) is 13.2 Å². The molecule has 0 aromatic heterocycles. The molecule has 0 unspecified atom stereocenters. The third-order valence-electron chi connectivity index (χ3n) is 5.86. The van der Waals surface area contributed by atoms with Crippen molar-refractivity contribution in [3.63, 3.8) is 0 Å². The van der Waals surface area contributed by atoms with Gasteiger partial charge in [0.2, 0.25) is 0 Å². The molecule has 41 heavy (non-hydrogen) atoms. The number of carbonyl (C=O) groups excluding carboxylic acids is 4. The largest absolute Gasteiger partial charge is 0.514 e. The van der Waals surface area contributed by atoms with E-state index in [-0.39, 0.29) is 37.1 Å². The summed E-state index contributed by atoms with van der Waals surface area (Å²) in [5.41, 5.74) is 4.95. The first kappa shape index (κ1) is 35.5. The minimum atomic E-state index is -1.11. The van der Waals surface area contributed by atoms with Crippen LogP contribution in [0.15, 0.2) is 18.2 Å². The molecule has 0 aliphatic rings. The Morgan fingerprint density at radius 3 is 1.80 bits per heavy atom. The van der Waals surface area contributed by atoms with E-state index < -0.39 is 47.8 Å². The van der Waals surface area contributed by atoms with E-state index in [1.165, 1.54) is 12.1 Å². The number of ether oxygens (including phenoxy) is 7. The number of esters is 1. The Labute approximate surface area is 242 Å². The van der Waals surface area contributed by atoms with E-state index in [2.05, 4.69) is 0 Å². The highest BCUT2D eigenvalue weighted by molar-refractivity contribution is 5.76. The number of hydrogen-bond acceptors (Lipinski definition) is 12. The average Bonchev–Trinajstić information content (AvgIpc) is 2.86. The highest BCUT2D eigenvalue weighted by Crippen LogP contribution is 2.31. The average molecular weight is 584 g/mol. The molecule has 0 aliphatic carbocycles. The van der Waals surface area contributed by atoms with Crippen molar-refractivity contribution in [1.29, 1.82) is 0 Å². The lowest BCUT2D eigenvalue weighted by Gasteiger charge is -2.24. The molecule has 0 saturated heterocycles. The van der Waals surface area contributed by atoms with Crippen LogP contribution in [0.1, 0.15) is 80.7 Å². The third kappa shape index (κ3) is 14.1. The first-order chi connectivity index (χ1) is 19.0. The first-order valence-corrected chi connectivity index (χ1v) is 13.7. The minimum Gasteiger partial charge on any atom is -0.458 e. The van der Waals surface area contributed by atoms with Crippen molar-refractivity contribution in [3.05, 3.63) is 23.8 Å². The normalized spacial score (nSPS) is 13.0. The zero-order chi connectivity index (χ0) is 31.4. The van der Waals surface area contributed by atoms with Gasteiger partial charge in [0.15, 0.2) is 11.5 Å². The van der Waals surface area contributed by atoms with Crippen LogP contribution >= 0.6 is 0 Å². The number of hydrogen-bond donors (Lipinski definition) is 1. The SMILES string of the molecule is CCC(C)(C)OC(=O)Oc1ccc(C[C@H](N)C(=O)O[C@@H](C)COC(=O)OCC(C)C)cc1OC(=O)OC(C)(C)CC. The molecule has 1 aromatic rings. The third-order valence-corrected chi connectivity index (χ3v) is 5.86. The number of carbonyl (C=O) groups is 4. The molecule has 232 valence electrons. The molecule has 2 N–H and O–H groups in total. The molecular weight excluding hydrogens is 538 g/mol. The zero-order valence-corrected chi connectivity index (χ0v) is 25.6. The quantitative estimate of drug-likeness (QED) is 0.162. The van der Waals surface area contributed by atoms with Crippen LogP contribution in [0.4, 0.5) is 14.4 Å². The van der Waals surface area contributed by atoms with Gasteiger partial charge in [0.25, 0.3) is 0 Å². The van der Waals surface area contributed by atoms with E-state index >= 15 is 0 Å². The van der Waals surface area contributed by atoms with Gasteiger partial charge in [-0.2, -0.15) is 0 Å². The highest BCUT2D eigenvalue weighted by atomic mass is 16.8. The van der Waals surface area contributed by atoms with Crippen LogP contribution in [-0.4, -0.2) is 61.0 Å². The van der Waals surface area contributed by atoms with E-state index in [0.717, 1.165) is 0 Å². The Morgan fingerprint density at radius 2 is 1.29 bits per heavy atom. The van der Waals surface area contributed by atoms with Crippen molar-refractivity contribution in [2.45, 2.75) is 105 Å². The van der Waals surface area contributed by atoms with E-state index in [0.29, 0.717) is 18.4 Å². The van der Waals surface area contributed by atoms with Gasteiger partial charge in [0, 0.05) is 0 Å². The van der Waals surface area contributed by atoms with E-state index in [9.17, 15) is 19.2 Å². The molecule has 1 rings (SSSR count). The van der Waals surface area contributed by atoms with Gasteiger partial charge in [-0.1, -0.05) is 33.8 Å². The van der Waals surface area contributed by atoms with Crippen molar-refractivity contribution in [3.8, 4) is 11.5 Å². The second-order valence-electron chi connectivity index (χ2n) is 11.2. The summed E-state index contributed by atoms with van der Waals surface area (Å²) in [6, 6.07) is 3.23. The van der Waals surface area contributed by atoms with Gasteiger partial charge in [0.1, 0.15) is 30.0 Å². The van der Waals surface area contributed by atoms with E-state index in [4.69, 9.17) is 38.9 Å². The van der Waals surface area contributed by atoms with Gasteiger partial charge in [-0.25, -0.2) is 14.4 Å². The molecular formula is C29H45NO11. The number of nitrogens with two attached hydrogens (primary N) is 1. The van der Waals surface area contributed by atoms with Gasteiger partial charge in [-0.3, -0.25) is 4.79 Å². The summed E-state index contributed by atoms with van der Waals surface area (Å²) in [4.78, 5) is 49.0. The number of benzene rings is 1. The summed E-state index contributed by atoms with van der Waals surface area (Å²) in [5, 5.41) is 0. The second-order valence-corrected chi connectivity index (χ2v) is 11.2. The Kier molecular flexibility index (Phi) is 13.9. The van der Waals surface area contributed by atoms with Crippen LogP contribution in [0.5, 0.6) is 11.5 Å². The standard InChI is InChI=1S/C29H45NO11/c1-10-28(6,7)40-26(33)38-22-13-12-20(15-23(22)39-27(34)41-29(8,9)11-2)14-21(30)24(31)37-19(5)17-36-25(32)35-16-18(3)4/h12-13,15,18-19,21H,10-11,14,16-17,30H2,1-9H3/t19-,21-/m0/s1. The monoisotopic (exact) mass is 583 g/mol. The van der Waals surface area contributed by atoms with Crippen LogP contribution in [-0.2, 0) is 34.9 Å². The van der Waals surface area contributed by atoms with E-state index in [1.807, 2.05) is 27.7 Å². The van der Waals surface area contributed by atoms with Crippen LogP contribution < -0.4 is 15.2 Å². The van der Waals surface area contributed by atoms with E-state index in [1.54, 1.807) is 40.7 Å². The molecule has 0 heterocycles. The second kappa shape index (κ2) is 16.0. The van der Waals surface area contributed by atoms with Gasteiger partial charge in [-0.05, 0) is 77.5 Å². The fraction of sp³-hybridized carbons (Fsp3) is 0.655. The molecule has 1 aromatic carbocycles. The van der Waals surface area contributed by atoms with Gasteiger partial charge in [-0.15, -0.1) is 0 Å². The lowest BCUT2D eigenvalue weighted by atomic mass is 10.1. The highest BCUT2D eigenvalue weighted by Gasteiger charge is 2.27. The van der Waals surface area contributed by atoms with Crippen LogP contribution in [0.3, 0.4) is 0 Å². The molecule has 0 spiro atoms. The topological polar surface area (TPSA) is 159 Å². The Balaban J connectivity index is 2.95. The summed E-state index contributed by atoms with van der Waals surface area (Å²) >= 11 is 0. The Morgan fingerprint density at radius 1 is 0.780 bits per heavy atom. The Bertz CT molecular complexity index is 1040. The first-order valence-electron chi connectivity index (χ1n) is 13.7. The molecule has 12 heteroatoms. The predicted molar refractivity (Wildman–Crippen MR) is 149 cm³/mol. The predicted octanol–water partition coefficient (Wildman–Crippen LogP) is 5.71. The summed E-state index contributed by atoms with van der Waals surface area (Å²) < 4.78 is 36.5. The maximum atomic E-state index is 12.5. The van der Waals surface area contributed by atoms with Gasteiger partial charge in [0.05, 0.1) is 6.61 Å². The summed E-state index contributed by atoms with van der Waals surface area (Å²) in [5.74, 6) is -0.816. The minimum absolute atomic E-state index is 0.0116. The van der Waals surface area contributed by atoms with Crippen molar-refractivity contribution in [2.24, 2.45) is 11.7 Å². The maximum absolute atomic E-state index is 12.5. The lowest BCUT2D eigenvalue weighted by molar-refractivity contribution is -0.152. The van der Waals surface area contributed by atoms with Crippen molar-refractivity contribution >= 4 is 24.4 Å². The zero-order valence-electron chi connectivity index (χ0n) is 25.6. The molecule has 0 saturated carbocycles. The smallest absolute Gasteiger partial charge is 0.458 e. The molecule has 0 aliphatic heterocycles. The summed E-state index contributed by atoms with van der Waals surface area (Å²) in [6.07, 6.45) is -2.56. The summed E-state index contributed by atoms with van der Waals surface area (Å²) in [6.45, 7) is 15.9. The molecule has 0 radical (unpaired) electrons. The molecule has 12 nitrogen and oxygen atoms in total. The Hall–Kier alpha value is -3.54. The van der Waals surface area contributed by atoms with Crippen LogP contribution in [0.25, 0.3) is 0 Å². The van der Waals surface area contributed by atoms with Crippen LogP contribution in [0, 0.1) is 5.92 Å². The maximum Gasteiger partial charge on any atom is 0.514 e. The molecule has 0 amide bonds. The molecule has 0 fully saturated rings. The van der Waals surface area contributed by atoms with Crippen molar-refractivity contribution < 1.29 is 52.3 Å². The molecule has 2 atom stereocenters. The van der Waals surface area contributed by atoms with Crippen LogP contribution in [0.2, 0.25) is 0 Å². The summed E-state index contributed by atoms with van der Waals surface area (Å²) in [7, 11) is 0. The van der Waals surface area contributed by atoms with Gasteiger partial charge < -0.3 is 38.9 Å². The fourth-order valence-corrected chi connectivity index (χ4v) is 2.78. The number of rotatable bonds is 14. The van der Waals surface area contributed by atoms with Crippen molar-refractivity contribution in [1.82, 2.24) is 0 Å². The lowest BCUT2D eigenvalue weighted by Crippen LogP contribution is -2.37. The van der Waals surface area contributed by atoms with Gasteiger partial charge >= 0.3 is 24.4 Å². The molecule has 0 bridgehead atoms.